The SMILES string of the molecule is CCCCC(C)NOCC(F)(F)F. The van der Waals surface area contributed by atoms with Crippen LogP contribution in [0.1, 0.15) is 33.1 Å². The van der Waals surface area contributed by atoms with E-state index >= 15 is 0 Å². The van der Waals surface area contributed by atoms with E-state index in [-0.39, 0.29) is 6.04 Å². The van der Waals surface area contributed by atoms with Crippen molar-refractivity contribution in [2.45, 2.75) is 45.3 Å². The quantitative estimate of drug-likeness (QED) is 0.664. The van der Waals surface area contributed by atoms with E-state index in [0.29, 0.717) is 0 Å². The fourth-order valence-electron chi connectivity index (χ4n) is 0.835. The summed E-state index contributed by atoms with van der Waals surface area (Å²) in [4.78, 5) is 4.28. The number of hydroxylamine groups is 1. The predicted octanol–water partition coefficient (Wildman–Crippen LogP) is 2.65. The van der Waals surface area contributed by atoms with Gasteiger partial charge in [-0.2, -0.15) is 18.7 Å². The summed E-state index contributed by atoms with van der Waals surface area (Å²) in [5.74, 6) is 0. The Labute approximate surface area is 76.4 Å². The van der Waals surface area contributed by atoms with Gasteiger partial charge in [0.15, 0.2) is 6.61 Å². The number of unbranched alkanes of at least 4 members (excludes halogenated alkanes) is 1. The Hall–Kier alpha value is -0.290. The van der Waals surface area contributed by atoms with Gasteiger partial charge in [0.1, 0.15) is 0 Å². The first-order valence-electron chi connectivity index (χ1n) is 4.39. The molecular formula is C8H16F3NO. The average molecular weight is 199 g/mol. The monoisotopic (exact) mass is 199 g/mol. The molecule has 5 heteroatoms. The van der Waals surface area contributed by atoms with Crippen LogP contribution in [0.15, 0.2) is 0 Å². The lowest BCUT2D eigenvalue weighted by Crippen LogP contribution is -2.31. The van der Waals surface area contributed by atoms with Gasteiger partial charge in [-0.15, -0.1) is 0 Å². The minimum absolute atomic E-state index is 0.0256. The van der Waals surface area contributed by atoms with E-state index in [4.69, 9.17) is 0 Å². The number of hydrogen-bond donors (Lipinski definition) is 1. The third-order valence-corrected chi connectivity index (χ3v) is 1.51. The van der Waals surface area contributed by atoms with Crippen molar-refractivity contribution in [3.63, 3.8) is 0 Å². The van der Waals surface area contributed by atoms with Crippen LogP contribution in [0.4, 0.5) is 13.2 Å². The molecule has 0 aliphatic rings. The number of hydrogen-bond acceptors (Lipinski definition) is 2. The summed E-state index contributed by atoms with van der Waals surface area (Å²) in [6, 6.07) is -0.0256. The van der Waals surface area contributed by atoms with Crippen LogP contribution in [-0.2, 0) is 4.84 Å². The maximum absolute atomic E-state index is 11.6. The molecule has 0 aromatic rings. The Balaban J connectivity index is 3.31. The van der Waals surface area contributed by atoms with Gasteiger partial charge in [0.05, 0.1) is 0 Å². The molecule has 0 saturated carbocycles. The Kier molecular flexibility index (Phi) is 6.07. The fraction of sp³-hybridized carbons (Fsp3) is 1.00. The highest BCUT2D eigenvalue weighted by molar-refractivity contribution is 4.54. The van der Waals surface area contributed by atoms with Crippen LogP contribution in [0.2, 0.25) is 0 Å². The van der Waals surface area contributed by atoms with Crippen LogP contribution < -0.4 is 5.48 Å². The molecule has 0 rings (SSSR count). The van der Waals surface area contributed by atoms with E-state index in [2.05, 4.69) is 10.3 Å². The predicted molar refractivity (Wildman–Crippen MR) is 44.1 cm³/mol. The van der Waals surface area contributed by atoms with Crippen LogP contribution in [0.3, 0.4) is 0 Å². The van der Waals surface area contributed by atoms with Crippen LogP contribution in [0.5, 0.6) is 0 Å². The summed E-state index contributed by atoms with van der Waals surface area (Å²) in [5.41, 5.74) is 2.35. The zero-order valence-electron chi connectivity index (χ0n) is 7.95. The van der Waals surface area contributed by atoms with Gasteiger partial charge in [0, 0.05) is 6.04 Å². The zero-order valence-corrected chi connectivity index (χ0v) is 7.95. The molecule has 80 valence electrons. The fourth-order valence-corrected chi connectivity index (χ4v) is 0.835. The Morgan fingerprint density at radius 3 is 2.46 bits per heavy atom. The maximum atomic E-state index is 11.6. The van der Waals surface area contributed by atoms with Crippen molar-refractivity contribution in [2.75, 3.05) is 6.61 Å². The van der Waals surface area contributed by atoms with Gasteiger partial charge in [-0.25, -0.2) is 0 Å². The Bertz CT molecular complexity index is 127. The molecule has 0 aliphatic carbocycles. The summed E-state index contributed by atoms with van der Waals surface area (Å²) in [6.07, 6.45) is -1.40. The van der Waals surface area contributed by atoms with Crippen LogP contribution >= 0.6 is 0 Å². The van der Waals surface area contributed by atoms with Crippen molar-refractivity contribution in [3.05, 3.63) is 0 Å². The number of rotatable bonds is 6. The number of alkyl halides is 3. The standard InChI is InChI=1S/C8H16F3NO/c1-3-4-5-7(2)12-13-6-8(9,10)11/h7,12H,3-6H2,1-2H3. The van der Waals surface area contributed by atoms with Crippen LogP contribution in [0, 0.1) is 0 Å². The van der Waals surface area contributed by atoms with E-state index < -0.39 is 12.8 Å². The van der Waals surface area contributed by atoms with Gasteiger partial charge in [0.25, 0.3) is 0 Å². The van der Waals surface area contributed by atoms with Crippen LogP contribution in [0.25, 0.3) is 0 Å². The van der Waals surface area contributed by atoms with E-state index in [0.717, 1.165) is 19.3 Å². The summed E-state index contributed by atoms with van der Waals surface area (Å²) in [5, 5.41) is 0. The highest BCUT2D eigenvalue weighted by Gasteiger charge is 2.27. The molecule has 0 heterocycles. The van der Waals surface area contributed by atoms with Crippen molar-refractivity contribution < 1.29 is 18.0 Å². The normalized spacial score (nSPS) is 14.5. The lowest BCUT2D eigenvalue weighted by Gasteiger charge is -2.14. The molecule has 0 bridgehead atoms. The minimum Gasteiger partial charge on any atom is -0.292 e. The van der Waals surface area contributed by atoms with Gasteiger partial charge in [-0.05, 0) is 13.3 Å². The second-order valence-corrected chi connectivity index (χ2v) is 3.06. The van der Waals surface area contributed by atoms with E-state index in [9.17, 15) is 13.2 Å². The minimum atomic E-state index is -4.25. The molecule has 2 nitrogen and oxygen atoms in total. The van der Waals surface area contributed by atoms with E-state index in [1.54, 1.807) is 6.92 Å². The molecular weight excluding hydrogens is 183 g/mol. The first-order valence-corrected chi connectivity index (χ1v) is 4.39. The molecule has 0 spiro atoms. The molecule has 0 aromatic heterocycles. The first kappa shape index (κ1) is 12.7. The third-order valence-electron chi connectivity index (χ3n) is 1.51. The molecule has 1 unspecified atom stereocenters. The first-order chi connectivity index (χ1) is 5.95. The van der Waals surface area contributed by atoms with Gasteiger partial charge in [0.2, 0.25) is 0 Å². The van der Waals surface area contributed by atoms with Crippen molar-refractivity contribution in [1.29, 1.82) is 0 Å². The number of halogens is 3. The molecule has 0 radical (unpaired) electrons. The topological polar surface area (TPSA) is 21.3 Å². The Morgan fingerprint density at radius 1 is 1.38 bits per heavy atom. The molecule has 1 atom stereocenters. The lowest BCUT2D eigenvalue weighted by molar-refractivity contribution is -0.192. The van der Waals surface area contributed by atoms with Gasteiger partial charge in [-0.3, -0.25) is 4.84 Å². The van der Waals surface area contributed by atoms with Crippen molar-refractivity contribution in [2.24, 2.45) is 0 Å². The van der Waals surface area contributed by atoms with Crippen molar-refractivity contribution in [3.8, 4) is 0 Å². The second kappa shape index (κ2) is 6.21. The molecule has 0 fully saturated rings. The molecule has 0 saturated heterocycles. The average Bonchev–Trinajstić information content (AvgIpc) is 1.98. The number of nitrogens with one attached hydrogen (secondary N) is 1. The maximum Gasteiger partial charge on any atom is 0.413 e. The second-order valence-electron chi connectivity index (χ2n) is 3.06. The smallest absolute Gasteiger partial charge is 0.292 e. The summed E-state index contributed by atoms with van der Waals surface area (Å²) in [7, 11) is 0. The van der Waals surface area contributed by atoms with E-state index in [1.807, 2.05) is 6.92 Å². The third kappa shape index (κ3) is 9.63. The lowest BCUT2D eigenvalue weighted by atomic mass is 10.2. The van der Waals surface area contributed by atoms with Gasteiger partial charge in [-0.1, -0.05) is 19.8 Å². The van der Waals surface area contributed by atoms with Gasteiger partial charge >= 0.3 is 6.18 Å². The summed E-state index contributed by atoms with van der Waals surface area (Å²) < 4.78 is 34.8. The highest BCUT2D eigenvalue weighted by Crippen LogP contribution is 2.13. The summed E-state index contributed by atoms with van der Waals surface area (Å²) in [6.45, 7) is 2.60. The summed E-state index contributed by atoms with van der Waals surface area (Å²) >= 11 is 0. The van der Waals surface area contributed by atoms with Crippen LogP contribution in [-0.4, -0.2) is 18.8 Å². The molecule has 1 N–H and O–H groups in total. The molecule has 0 aliphatic heterocycles. The molecule has 13 heavy (non-hydrogen) atoms. The Morgan fingerprint density at radius 2 is 2.00 bits per heavy atom. The molecule has 0 amide bonds. The zero-order chi connectivity index (χ0) is 10.3. The molecule has 0 aromatic carbocycles. The largest absolute Gasteiger partial charge is 0.413 e. The van der Waals surface area contributed by atoms with Gasteiger partial charge < -0.3 is 0 Å². The van der Waals surface area contributed by atoms with E-state index in [1.165, 1.54) is 0 Å². The highest BCUT2D eigenvalue weighted by atomic mass is 19.4. The van der Waals surface area contributed by atoms with Crippen molar-refractivity contribution in [1.82, 2.24) is 5.48 Å². The van der Waals surface area contributed by atoms with Crippen molar-refractivity contribution >= 4 is 0 Å².